The van der Waals surface area contributed by atoms with Gasteiger partial charge in [-0.05, 0) is 11.8 Å². The van der Waals surface area contributed by atoms with E-state index in [1.165, 1.54) is 35.8 Å². The second-order valence-electron chi connectivity index (χ2n) is 7.05. The lowest BCUT2D eigenvalue weighted by molar-refractivity contribution is -0.144. The topological polar surface area (TPSA) is 111 Å². The summed E-state index contributed by atoms with van der Waals surface area (Å²) in [6.07, 6.45) is 0.634. The first-order valence-electron chi connectivity index (χ1n) is 9.09. The Bertz CT molecular complexity index is 482. The molecule has 0 saturated carbocycles. The summed E-state index contributed by atoms with van der Waals surface area (Å²) in [5.74, 6) is -0.593. The molecule has 162 valence electrons. The van der Waals surface area contributed by atoms with Crippen LogP contribution in [0, 0.1) is 11.8 Å². The average Bonchev–Trinajstić information content (AvgIpc) is 2.60. The second kappa shape index (κ2) is 14.6. The van der Waals surface area contributed by atoms with Crippen LogP contribution in [-0.4, -0.2) is 61.6 Å². The summed E-state index contributed by atoms with van der Waals surface area (Å²) in [6.45, 7) is 7.66. The zero-order chi connectivity index (χ0) is 21.7. The average molecular weight is 437 g/mol. The predicted molar refractivity (Wildman–Crippen MR) is 112 cm³/mol. The highest BCUT2D eigenvalue weighted by Crippen LogP contribution is 2.24. The Hall–Kier alpha value is -1.42. The zero-order valence-corrected chi connectivity index (χ0v) is 19.0. The van der Waals surface area contributed by atoms with Crippen LogP contribution < -0.4 is 10.6 Å². The number of rotatable bonds is 13. The first kappa shape index (κ1) is 26.6. The van der Waals surface area contributed by atoms with Crippen molar-refractivity contribution in [2.75, 3.05) is 25.7 Å². The summed E-state index contributed by atoms with van der Waals surface area (Å²) >= 11 is 0. The van der Waals surface area contributed by atoms with Crippen molar-refractivity contribution in [2.24, 2.45) is 11.8 Å². The monoisotopic (exact) mass is 436 g/mol. The van der Waals surface area contributed by atoms with Crippen LogP contribution in [0.2, 0.25) is 0 Å². The van der Waals surface area contributed by atoms with Gasteiger partial charge in [-0.2, -0.15) is 0 Å². The molecule has 10 heteroatoms. The van der Waals surface area contributed by atoms with Gasteiger partial charge in [-0.25, -0.2) is 9.59 Å². The van der Waals surface area contributed by atoms with Crippen molar-refractivity contribution < 1.29 is 28.7 Å². The minimum atomic E-state index is -0.777. The van der Waals surface area contributed by atoms with E-state index in [1.54, 1.807) is 0 Å². The van der Waals surface area contributed by atoms with Gasteiger partial charge in [0.2, 0.25) is 11.8 Å². The van der Waals surface area contributed by atoms with Crippen molar-refractivity contribution in [2.45, 2.75) is 52.6 Å². The minimum absolute atomic E-state index is 0.176. The van der Waals surface area contributed by atoms with E-state index < -0.39 is 24.0 Å². The van der Waals surface area contributed by atoms with E-state index in [1.807, 2.05) is 27.7 Å². The first-order valence-corrected chi connectivity index (χ1v) is 11.6. The van der Waals surface area contributed by atoms with E-state index in [9.17, 15) is 19.2 Å². The smallest absolute Gasteiger partial charge is 0.329 e. The quantitative estimate of drug-likeness (QED) is 0.255. The van der Waals surface area contributed by atoms with Crippen molar-refractivity contribution in [1.82, 2.24) is 10.6 Å². The highest BCUT2D eigenvalue weighted by Gasteiger charge is 2.24. The zero-order valence-electron chi connectivity index (χ0n) is 17.4. The van der Waals surface area contributed by atoms with Crippen molar-refractivity contribution in [1.29, 1.82) is 0 Å². The van der Waals surface area contributed by atoms with Crippen molar-refractivity contribution in [3.8, 4) is 0 Å². The Balaban J connectivity index is 4.61. The fraction of sp³-hybridized carbons (Fsp3) is 0.778. The second-order valence-corrected chi connectivity index (χ2v) is 9.60. The molecule has 0 spiro atoms. The normalized spacial score (nSPS) is 13.0. The molecule has 0 bridgehead atoms. The third kappa shape index (κ3) is 12.1. The molecule has 2 atom stereocenters. The summed E-state index contributed by atoms with van der Waals surface area (Å²) in [5, 5.41) is 5.33. The number of esters is 2. The molecule has 0 aliphatic heterocycles. The molecule has 0 saturated heterocycles. The summed E-state index contributed by atoms with van der Waals surface area (Å²) in [6, 6.07) is -1.55. The van der Waals surface area contributed by atoms with Gasteiger partial charge in [0, 0.05) is 24.3 Å². The van der Waals surface area contributed by atoms with Gasteiger partial charge in [0.25, 0.3) is 0 Å². The molecule has 2 N–H and O–H groups in total. The van der Waals surface area contributed by atoms with E-state index in [2.05, 4.69) is 10.6 Å². The minimum Gasteiger partial charge on any atom is -0.467 e. The predicted octanol–water partition coefficient (Wildman–Crippen LogP) is 1.78. The number of methoxy groups -OCH3 is 2. The number of nitrogens with one attached hydrogen (secondary N) is 2. The van der Waals surface area contributed by atoms with Gasteiger partial charge < -0.3 is 20.1 Å². The summed E-state index contributed by atoms with van der Waals surface area (Å²) in [5.41, 5.74) is 0. The van der Waals surface area contributed by atoms with Gasteiger partial charge in [0.15, 0.2) is 0 Å². The fourth-order valence-corrected chi connectivity index (χ4v) is 4.40. The lowest BCUT2D eigenvalue weighted by Crippen LogP contribution is -2.44. The van der Waals surface area contributed by atoms with E-state index in [0.29, 0.717) is 12.8 Å². The van der Waals surface area contributed by atoms with E-state index >= 15 is 0 Å². The molecule has 28 heavy (non-hydrogen) atoms. The molecule has 0 unspecified atom stereocenters. The van der Waals surface area contributed by atoms with Gasteiger partial charge >= 0.3 is 11.9 Å². The van der Waals surface area contributed by atoms with Crippen LogP contribution in [-0.2, 0) is 28.7 Å². The molecule has 8 nitrogen and oxygen atoms in total. The maximum Gasteiger partial charge on any atom is 0.329 e. The Morgan fingerprint density at radius 3 is 1.29 bits per heavy atom. The summed E-state index contributed by atoms with van der Waals surface area (Å²) in [7, 11) is 5.14. The number of hydrogen-bond acceptors (Lipinski definition) is 8. The Labute approximate surface area is 175 Å². The van der Waals surface area contributed by atoms with E-state index in [-0.39, 0.29) is 35.2 Å². The standard InChI is InChI=1S/C18H32N2O6S2/c1-11(2)7-15(21)19-13(17(23)25-5)9-27-28-10-14(18(24)26-6)20-16(22)8-12(3)4/h11-14H,7-10H2,1-6H3,(H,19,21)(H,20,22)/t13-,14-/m0/s1. The van der Waals surface area contributed by atoms with Gasteiger partial charge in [0.1, 0.15) is 12.1 Å². The van der Waals surface area contributed by atoms with Crippen LogP contribution in [0.5, 0.6) is 0 Å². The highest BCUT2D eigenvalue weighted by atomic mass is 33.1. The summed E-state index contributed by atoms with van der Waals surface area (Å²) < 4.78 is 9.47. The van der Waals surface area contributed by atoms with Crippen LogP contribution in [0.1, 0.15) is 40.5 Å². The lowest BCUT2D eigenvalue weighted by Gasteiger charge is -2.18. The Morgan fingerprint density at radius 1 is 0.714 bits per heavy atom. The summed E-state index contributed by atoms with van der Waals surface area (Å²) in [4.78, 5) is 47.6. The number of hydrogen-bond donors (Lipinski definition) is 2. The Morgan fingerprint density at radius 2 is 1.04 bits per heavy atom. The molecular formula is C18H32N2O6S2. The van der Waals surface area contributed by atoms with Crippen LogP contribution in [0.3, 0.4) is 0 Å². The van der Waals surface area contributed by atoms with Crippen LogP contribution in [0.15, 0.2) is 0 Å². The lowest BCUT2D eigenvalue weighted by atomic mass is 10.1. The van der Waals surface area contributed by atoms with Gasteiger partial charge in [0.05, 0.1) is 14.2 Å². The maximum atomic E-state index is 11.9. The number of ether oxygens (including phenoxy) is 2. The third-order valence-electron chi connectivity index (χ3n) is 3.38. The first-order chi connectivity index (χ1) is 13.1. The number of amides is 2. The van der Waals surface area contributed by atoms with Gasteiger partial charge in [-0.3, -0.25) is 9.59 Å². The maximum absolute atomic E-state index is 11.9. The molecule has 0 radical (unpaired) electrons. The van der Waals surface area contributed by atoms with Crippen molar-refractivity contribution in [3.05, 3.63) is 0 Å². The van der Waals surface area contributed by atoms with Crippen LogP contribution >= 0.6 is 21.6 Å². The molecular weight excluding hydrogens is 404 g/mol. The molecule has 0 rings (SSSR count). The van der Waals surface area contributed by atoms with Gasteiger partial charge in [-0.15, -0.1) is 0 Å². The van der Waals surface area contributed by atoms with E-state index in [0.717, 1.165) is 0 Å². The molecule has 0 aliphatic carbocycles. The fourth-order valence-electron chi connectivity index (χ4n) is 2.10. The molecule has 0 aromatic carbocycles. The van der Waals surface area contributed by atoms with Crippen molar-refractivity contribution in [3.63, 3.8) is 0 Å². The molecule has 0 heterocycles. The largest absolute Gasteiger partial charge is 0.467 e. The van der Waals surface area contributed by atoms with E-state index in [4.69, 9.17) is 9.47 Å². The van der Waals surface area contributed by atoms with Crippen LogP contribution in [0.25, 0.3) is 0 Å². The van der Waals surface area contributed by atoms with Gasteiger partial charge in [-0.1, -0.05) is 49.3 Å². The molecule has 2 amide bonds. The third-order valence-corrected chi connectivity index (χ3v) is 5.80. The SMILES string of the molecule is COC(=O)[C@H](CSSC[C@H](NC(=O)CC(C)C)C(=O)OC)NC(=O)CC(C)C. The molecule has 0 fully saturated rings. The Kier molecular flexibility index (Phi) is 13.8. The van der Waals surface area contributed by atoms with Crippen molar-refractivity contribution >= 4 is 45.3 Å². The molecule has 0 aliphatic rings. The molecule has 0 aromatic heterocycles. The number of carbonyl (C=O) groups is 4. The molecule has 0 aromatic rings. The number of carbonyl (C=O) groups excluding carboxylic acids is 4. The van der Waals surface area contributed by atoms with Crippen LogP contribution in [0.4, 0.5) is 0 Å². The highest BCUT2D eigenvalue weighted by molar-refractivity contribution is 8.76.